The van der Waals surface area contributed by atoms with Crippen LogP contribution in [-0.2, 0) is 9.53 Å². The van der Waals surface area contributed by atoms with Gasteiger partial charge in [-0.25, -0.2) is 0 Å². The molecule has 0 amide bonds. The van der Waals surface area contributed by atoms with E-state index >= 15 is 0 Å². The molecule has 1 aliphatic rings. The highest BCUT2D eigenvalue weighted by Crippen LogP contribution is 2.38. The number of esters is 1. The van der Waals surface area contributed by atoms with Crippen molar-refractivity contribution in [2.45, 2.75) is 20.0 Å². The molecule has 3 atom stereocenters. The van der Waals surface area contributed by atoms with Gasteiger partial charge in [-0.05, 0) is 5.56 Å². The van der Waals surface area contributed by atoms with Gasteiger partial charge in [0.25, 0.3) is 0 Å². The average molecular weight is 190 g/mol. The molecule has 0 bridgehead atoms. The van der Waals surface area contributed by atoms with Gasteiger partial charge in [-0.1, -0.05) is 44.2 Å². The second-order valence-electron chi connectivity index (χ2n) is 3.92. The lowest BCUT2D eigenvalue weighted by molar-refractivity contribution is -0.144. The smallest absolute Gasteiger partial charge is 0.309 e. The molecule has 1 saturated heterocycles. The van der Waals surface area contributed by atoms with E-state index in [0.717, 1.165) is 5.56 Å². The number of rotatable bonds is 1. The number of benzene rings is 1. The molecule has 1 aromatic rings. The Labute approximate surface area is 83.9 Å². The van der Waals surface area contributed by atoms with Crippen LogP contribution >= 0.6 is 0 Å². The SMILES string of the molecule is C[C@@H]1C(=O)OC(c2ccccc2)[C@H]1C. The molecule has 2 rings (SSSR count). The first-order chi connectivity index (χ1) is 6.70. The Morgan fingerprint density at radius 1 is 1.14 bits per heavy atom. The summed E-state index contributed by atoms with van der Waals surface area (Å²) in [5.74, 6) is 0.205. The van der Waals surface area contributed by atoms with Crippen LogP contribution in [0.4, 0.5) is 0 Å². The standard InChI is InChI=1S/C12H14O2/c1-8-9(2)12(13)14-11(8)10-6-4-3-5-7-10/h3-9,11H,1-2H3/t8-,9-,11?/m0/s1. The van der Waals surface area contributed by atoms with Crippen molar-refractivity contribution in [3.05, 3.63) is 35.9 Å². The summed E-state index contributed by atoms with van der Waals surface area (Å²) in [6.07, 6.45) is -0.0568. The van der Waals surface area contributed by atoms with Gasteiger partial charge in [-0.15, -0.1) is 0 Å². The van der Waals surface area contributed by atoms with Crippen molar-refractivity contribution in [3.63, 3.8) is 0 Å². The number of carbonyl (C=O) groups excluding carboxylic acids is 1. The summed E-state index contributed by atoms with van der Waals surface area (Å²) in [5, 5.41) is 0. The molecule has 1 fully saturated rings. The molecule has 0 aromatic heterocycles. The maximum atomic E-state index is 11.3. The normalized spacial score (nSPS) is 31.6. The van der Waals surface area contributed by atoms with Gasteiger partial charge >= 0.3 is 5.97 Å². The van der Waals surface area contributed by atoms with E-state index in [1.807, 2.05) is 37.3 Å². The van der Waals surface area contributed by atoms with E-state index in [1.54, 1.807) is 0 Å². The van der Waals surface area contributed by atoms with E-state index in [-0.39, 0.29) is 23.9 Å². The molecule has 1 heterocycles. The fourth-order valence-corrected chi connectivity index (χ4v) is 1.83. The summed E-state index contributed by atoms with van der Waals surface area (Å²) in [5.41, 5.74) is 1.10. The van der Waals surface area contributed by atoms with Crippen LogP contribution in [0.5, 0.6) is 0 Å². The van der Waals surface area contributed by atoms with Crippen molar-refractivity contribution in [3.8, 4) is 0 Å². The predicted molar refractivity (Wildman–Crippen MR) is 53.6 cm³/mol. The quantitative estimate of drug-likeness (QED) is 0.636. The molecular formula is C12H14O2. The Bertz CT molecular complexity index is 331. The van der Waals surface area contributed by atoms with E-state index in [0.29, 0.717) is 0 Å². The van der Waals surface area contributed by atoms with Gasteiger partial charge in [0.05, 0.1) is 5.92 Å². The highest BCUT2D eigenvalue weighted by atomic mass is 16.6. The number of hydrogen-bond donors (Lipinski definition) is 0. The maximum Gasteiger partial charge on any atom is 0.309 e. The highest BCUT2D eigenvalue weighted by Gasteiger charge is 2.39. The number of ether oxygens (including phenoxy) is 1. The number of carbonyl (C=O) groups is 1. The second-order valence-corrected chi connectivity index (χ2v) is 3.92. The van der Waals surface area contributed by atoms with Gasteiger partial charge in [-0.3, -0.25) is 4.79 Å². The van der Waals surface area contributed by atoms with E-state index in [4.69, 9.17) is 4.74 Å². The van der Waals surface area contributed by atoms with Crippen molar-refractivity contribution in [2.75, 3.05) is 0 Å². The zero-order valence-electron chi connectivity index (χ0n) is 8.44. The Morgan fingerprint density at radius 2 is 1.79 bits per heavy atom. The molecule has 74 valence electrons. The fraction of sp³-hybridized carbons (Fsp3) is 0.417. The third-order valence-corrected chi connectivity index (χ3v) is 3.01. The van der Waals surface area contributed by atoms with Crippen molar-refractivity contribution in [1.29, 1.82) is 0 Å². The molecule has 1 aliphatic heterocycles. The van der Waals surface area contributed by atoms with Crippen LogP contribution in [0.25, 0.3) is 0 Å². The Hall–Kier alpha value is -1.31. The molecule has 2 nitrogen and oxygen atoms in total. The Morgan fingerprint density at radius 3 is 2.29 bits per heavy atom. The second kappa shape index (κ2) is 3.45. The zero-order valence-corrected chi connectivity index (χ0v) is 8.44. The Balaban J connectivity index is 2.26. The summed E-state index contributed by atoms with van der Waals surface area (Å²) in [7, 11) is 0. The molecule has 1 unspecified atom stereocenters. The van der Waals surface area contributed by atoms with Gasteiger partial charge in [0.1, 0.15) is 6.10 Å². The summed E-state index contributed by atoms with van der Waals surface area (Å²) < 4.78 is 5.33. The first-order valence-electron chi connectivity index (χ1n) is 4.95. The van der Waals surface area contributed by atoms with E-state index in [9.17, 15) is 4.79 Å². The third kappa shape index (κ3) is 1.41. The van der Waals surface area contributed by atoms with Crippen molar-refractivity contribution in [2.24, 2.45) is 11.8 Å². The van der Waals surface area contributed by atoms with Crippen molar-refractivity contribution in [1.82, 2.24) is 0 Å². The van der Waals surface area contributed by atoms with E-state index in [1.165, 1.54) is 0 Å². The Kier molecular flexibility index (Phi) is 2.28. The summed E-state index contributed by atoms with van der Waals surface area (Å²) in [6, 6.07) is 9.92. The maximum absolute atomic E-state index is 11.3. The topological polar surface area (TPSA) is 26.3 Å². The first-order valence-corrected chi connectivity index (χ1v) is 4.95. The molecule has 0 spiro atoms. The molecule has 14 heavy (non-hydrogen) atoms. The van der Waals surface area contributed by atoms with Crippen molar-refractivity contribution < 1.29 is 9.53 Å². The minimum Gasteiger partial charge on any atom is -0.457 e. The molecule has 2 heteroatoms. The lowest BCUT2D eigenvalue weighted by Crippen LogP contribution is -2.09. The van der Waals surface area contributed by atoms with Crippen LogP contribution < -0.4 is 0 Å². The van der Waals surface area contributed by atoms with Crippen LogP contribution in [0.3, 0.4) is 0 Å². The number of hydrogen-bond acceptors (Lipinski definition) is 2. The minimum atomic E-state index is -0.0775. The van der Waals surface area contributed by atoms with Crippen molar-refractivity contribution >= 4 is 5.97 Å². The molecule has 0 N–H and O–H groups in total. The monoisotopic (exact) mass is 190 g/mol. The average Bonchev–Trinajstić information content (AvgIpc) is 2.47. The molecule has 1 aromatic carbocycles. The van der Waals surface area contributed by atoms with Crippen LogP contribution in [0.2, 0.25) is 0 Å². The van der Waals surface area contributed by atoms with Crippen LogP contribution in [-0.4, -0.2) is 5.97 Å². The molecular weight excluding hydrogens is 176 g/mol. The first kappa shape index (κ1) is 9.25. The van der Waals surface area contributed by atoms with Crippen LogP contribution in [0, 0.1) is 11.8 Å². The van der Waals surface area contributed by atoms with Gasteiger partial charge in [-0.2, -0.15) is 0 Å². The van der Waals surface area contributed by atoms with Gasteiger partial charge in [0.2, 0.25) is 0 Å². The van der Waals surface area contributed by atoms with Gasteiger partial charge in [0, 0.05) is 5.92 Å². The molecule has 0 saturated carbocycles. The zero-order chi connectivity index (χ0) is 10.1. The summed E-state index contributed by atoms with van der Waals surface area (Å²) in [4.78, 5) is 11.3. The minimum absolute atomic E-state index is 0.0141. The van der Waals surface area contributed by atoms with Gasteiger partial charge in [0.15, 0.2) is 0 Å². The lowest BCUT2D eigenvalue weighted by atomic mass is 9.90. The molecule has 0 aliphatic carbocycles. The van der Waals surface area contributed by atoms with E-state index < -0.39 is 0 Å². The summed E-state index contributed by atoms with van der Waals surface area (Å²) >= 11 is 0. The van der Waals surface area contributed by atoms with Crippen LogP contribution in [0.1, 0.15) is 25.5 Å². The lowest BCUT2D eigenvalue weighted by Gasteiger charge is -2.14. The number of cyclic esters (lactones) is 1. The van der Waals surface area contributed by atoms with Crippen LogP contribution in [0.15, 0.2) is 30.3 Å². The highest BCUT2D eigenvalue weighted by molar-refractivity contribution is 5.75. The van der Waals surface area contributed by atoms with Gasteiger partial charge < -0.3 is 4.74 Å². The fourth-order valence-electron chi connectivity index (χ4n) is 1.83. The third-order valence-electron chi connectivity index (χ3n) is 3.01. The predicted octanol–water partition coefficient (Wildman–Crippen LogP) is 2.56. The summed E-state index contributed by atoms with van der Waals surface area (Å²) in [6.45, 7) is 3.99. The van der Waals surface area contributed by atoms with E-state index in [2.05, 4.69) is 6.92 Å². The molecule has 0 radical (unpaired) electrons. The largest absolute Gasteiger partial charge is 0.457 e.